The molecule has 2 saturated heterocycles. The summed E-state index contributed by atoms with van der Waals surface area (Å²) in [5.41, 5.74) is 36.4. The Hall–Kier alpha value is -0.800. The zero-order valence-corrected chi connectivity index (χ0v) is 24.6. The molecule has 4 fully saturated rings. The Morgan fingerprint density at radius 3 is 1.18 bits per heavy atom. The van der Waals surface area contributed by atoms with Gasteiger partial charge in [0.1, 0.15) is 67.8 Å². The molecule has 20 nitrogen and oxygen atoms in total. The number of rotatable bonds is 10. The molecular weight excluding hydrogens is 608 g/mol. The standard InChI is InChI=1S/C25H50N6O14/c26-6-1-8(28)20(18(38)14(6)34)44-24-12(30)22(16(36)10(3-32)42-24)40-5-41-23-13(31)25(43-11(4-33)17(23)37)45-21-9(29)2-7(27)15(35)19(21)39/h6-25,32-39H,1-5,26-31H2/t6-,7+,8?,9?,10?,11?,12+,13-,14-,15+,16-,17+,18?,19?,20-,21+,22?,23?,24-,25+. The molecule has 0 amide bonds. The van der Waals surface area contributed by atoms with Crippen LogP contribution in [0.5, 0.6) is 0 Å². The number of nitrogens with two attached hydrogens (primary N) is 6. The van der Waals surface area contributed by atoms with E-state index >= 15 is 0 Å². The predicted molar refractivity (Wildman–Crippen MR) is 149 cm³/mol. The van der Waals surface area contributed by atoms with E-state index in [9.17, 15) is 40.9 Å². The van der Waals surface area contributed by atoms with E-state index in [1.807, 2.05) is 0 Å². The Kier molecular flexibility index (Phi) is 12.8. The molecule has 0 aromatic carbocycles. The summed E-state index contributed by atoms with van der Waals surface area (Å²) in [5, 5.41) is 82.6. The van der Waals surface area contributed by atoms with Gasteiger partial charge in [0.15, 0.2) is 12.6 Å². The third-order valence-electron chi connectivity index (χ3n) is 9.09. The number of ether oxygens (including phenoxy) is 6. The fraction of sp³-hybridized carbons (Fsp3) is 1.00. The number of hydrogen-bond donors (Lipinski definition) is 14. The fourth-order valence-electron chi connectivity index (χ4n) is 6.29. The van der Waals surface area contributed by atoms with E-state index in [0.29, 0.717) is 0 Å². The average molecular weight is 659 g/mol. The second-order valence-corrected chi connectivity index (χ2v) is 12.3. The fourth-order valence-corrected chi connectivity index (χ4v) is 6.29. The van der Waals surface area contributed by atoms with Crippen LogP contribution in [0.3, 0.4) is 0 Å². The van der Waals surface area contributed by atoms with E-state index in [2.05, 4.69) is 0 Å². The zero-order chi connectivity index (χ0) is 33.3. The maximum Gasteiger partial charge on any atom is 0.176 e. The van der Waals surface area contributed by atoms with Gasteiger partial charge in [-0.25, -0.2) is 0 Å². The molecule has 20 heteroatoms. The summed E-state index contributed by atoms with van der Waals surface area (Å²) in [6.07, 6.45) is -18.5. The smallest absolute Gasteiger partial charge is 0.176 e. The Labute approximate surface area is 259 Å². The third kappa shape index (κ3) is 7.76. The molecule has 45 heavy (non-hydrogen) atoms. The second kappa shape index (κ2) is 15.6. The summed E-state index contributed by atoms with van der Waals surface area (Å²) in [5.74, 6) is 0. The van der Waals surface area contributed by atoms with Crippen molar-refractivity contribution in [1.82, 2.24) is 0 Å². The largest absolute Gasteiger partial charge is 0.394 e. The minimum atomic E-state index is -1.49. The monoisotopic (exact) mass is 658 g/mol. The van der Waals surface area contributed by atoms with Gasteiger partial charge in [0.2, 0.25) is 0 Å². The van der Waals surface area contributed by atoms with Gasteiger partial charge >= 0.3 is 0 Å². The molecule has 0 bridgehead atoms. The van der Waals surface area contributed by atoms with Gasteiger partial charge in [-0.3, -0.25) is 0 Å². The average Bonchev–Trinajstić information content (AvgIpc) is 3.00. The normalized spacial score (nSPS) is 52.9. The van der Waals surface area contributed by atoms with Crippen molar-refractivity contribution >= 4 is 0 Å². The van der Waals surface area contributed by atoms with Gasteiger partial charge in [-0.05, 0) is 12.8 Å². The zero-order valence-electron chi connectivity index (χ0n) is 24.6. The second-order valence-electron chi connectivity index (χ2n) is 12.3. The number of hydrogen-bond acceptors (Lipinski definition) is 20. The lowest BCUT2D eigenvalue weighted by atomic mass is 9.84. The first-order chi connectivity index (χ1) is 21.2. The van der Waals surface area contributed by atoms with Gasteiger partial charge in [0, 0.05) is 24.2 Å². The van der Waals surface area contributed by atoms with Gasteiger partial charge in [0.05, 0.1) is 37.5 Å². The van der Waals surface area contributed by atoms with E-state index < -0.39 is 142 Å². The molecule has 2 aliphatic carbocycles. The van der Waals surface area contributed by atoms with Gasteiger partial charge in [-0.15, -0.1) is 0 Å². The van der Waals surface area contributed by atoms with Crippen LogP contribution >= 0.6 is 0 Å². The SMILES string of the molecule is NC1C[C@@H](N)[C@@H](O)C(O)[C@@H]1O[C@H]1OC(CO)[C@@H](O)C(OCOC2[C@@H](O)C(CO)O[C@@H](O[C@H]3C(N)C[C@H](N)[C@H](O)C3O)[C@@H]2N)[C@@H]1N. The Morgan fingerprint density at radius 1 is 0.489 bits per heavy atom. The molecular formula is C25H50N6O14. The van der Waals surface area contributed by atoms with Gasteiger partial charge in [0.25, 0.3) is 0 Å². The summed E-state index contributed by atoms with van der Waals surface area (Å²) in [6, 6.07) is -5.64. The van der Waals surface area contributed by atoms with Crippen molar-refractivity contribution in [3.05, 3.63) is 0 Å². The number of aliphatic hydroxyl groups is 8. The van der Waals surface area contributed by atoms with Crippen LogP contribution in [0.1, 0.15) is 12.8 Å². The van der Waals surface area contributed by atoms with E-state index in [-0.39, 0.29) is 12.8 Å². The minimum Gasteiger partial charge on any atom is -0.394 e. The van der Waals surface area contributed by atoms with E-state index in [1.165, 1.54) is 0 Å². The van der Waals surface area contributed by atoms with Crippen molar-refractivity contribution in [3.63, 3.8) is 0 Å². The van der Waals surface area contributed by atoms with E-state index in [4.69, 9.17) is 62.8 Å². The van der Waals surface area contributed by atoms with Crippen molar-refractivity contribution in [2.75, 3.05) is 20.0 Å². The first-order valence-electron chi connectivity index (χ1n) is 14.9. The maximum absolute atomic E-state index is 10.8. The van der Waals surface area contributed by atoms with Crippen LogP contribution in [0.4, 0.5) is 0 Å². The number of aliphatic hydroxyl groups excluding tert-OH is 8. The molecule has 2 saturated carbocycles. The maximum atomic E-state index is 10.8. The molecule has 0 spiro atoms. The summed E-state index contributed by atoms with van der Waals surface area (Å²) < 4.78 is 34.3. The molecule has 8 unspecified atom stereocenters. The molecule has 0 radical (unpaired) electrons. The van der Waals surface area contributed by atoms with Crippen molar-refractivity contribution in [2.24, 2.45) is 34.4 Å². The van der Waals surface area contributed by atoms with Crippen molar-refractivity contribution in [2.45, 2.75) is 135 Å². The molecule has 0 aromatic heterocycles. The van der Waals surface area contributed by atoms with Crippen molar-refractivity contribution < 1.29 is 69.3 Å². The van der Waals surface area contributed by atoms with Crippen LogP contribution in [0.25, 0.3) is 0 Å². The van der Waals surface area contributed by atoms with Crippen LogP contribution in [-0.4, -0.2) is 183 Å². The van der Waals surface area contributed by atoms with E-state index in [0.717, 1.165) is 0 Å². The van der Waals surface area contributed by atoms with Crippen molar-refractivity contribution in [3.8, 4) is 0 Å². The Balaban J connectivity index is 1.41. The lowest BCUT2D eigenvalue weighted by Gasteiger charge is -2.47. The highest BCUT2D eigenvalue weighted by Gasteiger charge is 2.51. The highest BCUT2D eigenvalue weighted by molar-refractivity contribution is 5.01. The lowest BCUT2D eigenvalue weighted by molar-refractivity contribution is -0.320. The van der Waals surface area contributed by atoms with Gasteiger partial charge in [-0.1, -0.05) is 0 Å². The van der Waals surface area contributed by atoms with Crippen LogP contribution in [0.15, 0.2) is 0 Å². The summed E-state index contributed by atoms with van der Waals surface area (Å²) in [4.78, 5) is 0. The molecule has 4 rings (SSSR count). The van der Waals surface area contributed by atoms with Crippen LogP contribution in [0.2, 0.25) is 0 Å². The summed E-state index contributed by atoms with van der Waals surface area (Å²) in [7, 11) is 0. The van der Waals surface area contributed by atoms with E-state index in [1.54, 1.807) is 0 Å². The topological polar surface area (TPSA) is 373 Å². The highest BCUT2D eigenvalue weighted by atomic mass is 16.7. The minimum absolute atomic E-state index is 0.123. The quantitative estimate of drug-likeness (QED) is 0.0968. The molecule has 20 atom stereocenters. The first-order valence-corrected chi connectivity index (χ1v) is 14.9. The molecule has 2 heterocycles. The summed E-state index contributed by atoms with van der Waals surface area (Å²) >= 11 is 0. The Morgan fingerprint density at radius 2 is 0.844 bits per heavy atom. The van der Waals surface area contributed by atoms with Crippen molar-refractivity contribution in [1.29, 1.82) is 0 Å². The molecule has 4 aliphatic rings. The third-order valence-corrected chi connectivity index (χ3v) is 9.09. The van der Waals surface area contributed by atoms with Gasteiger partial charge in [-0.2, -0.15) is 0 Å². The summed E-state index contributed by atoms with van der Waals surface area (Å²) in [6.45, 7) is -1.98. The lowest BCUT2D eigenvalue weighted by Crippen LogP contribution is -2.68. The van der Waals surface area contributed by atoms with Crippen LogP contribution < -0.4 is 34.4 Å². The molecule has 20 N–H and O–H groups in total. The first kappa shape index (κ1) is 37.0. The predicted octanol–water partition coefficient (Wildman–Crippen LogP) is -9.14. The molecule has 264 valence electrons. The Bertz CT molecular complexity index is 865. The van der Waals surface area contributed by atoms with Crippen LogP contribution in [0, 0.1) is 0 Å². The molecule has 2 aliphatic heterocycles. The molecule has 0 aromatic rings. The van der Waals surface area contributed by atoms with Gasteiger partial charge < -0.3 is 104 Å². The van der Waals surface area contributed by atoms with Crippen LogP contribution in [-0.2, 0) is 28.4 Å². The highest BCUT2D eigenvalue weighted by Crippen LogP contribution is 2.31.